The summed E-state index contributed by atoms with van der Waals surface area (Å²) in [6.45, 7) is 4.47. The van der Waals surface area contributed by atoms with Crippen LogP contribution in [0.5, 0.6) is 5.75 Å². The lowest BCUT2D eigenvalue weighted by Gasteiger charge is -2.19. The summed E-state index contributed by atoms with van der Waals surface area (Å²) in [4.78, 5) is 0. The largest absolute Gasteiger partial charge is 0.489 e. The molecule has 0 amide bonds. The lowest BCUT2D eigenvalue weighted by molar-refractivity contribution is 0.134. The molecule has 1 aromatic carbocycles. The smallest absolute Gasteiger partial charge is 0.126 e. The van der Waals surface area contributed by atoms with Gasteiger partial charge in [-0.15, -0.1) is 11.8 Å². The van der Waals surface area contributed by atoms with Crippen LogP contribution >= 0.6 is 0 Å². The molecule has 1 saturated carbocycles. The van der Waals surface area contributed by atoms with E-state index in [4.69, 9.17) is 10.5 Å². The van der Waals surface area contributed by atoms with E-state index in [1.807, 2.05) is 26.0 Å². The minimum absolute atomic E-state index is 0.00389. The zero-order valence-electron chi connectivity index (χ0n) is 16.3. The Bertz CT molecular complexity index is 733. The molecule has 0 bridgehead atoms. The number of hydrogen-bond donors (Lipinski definition) is 3. The van der Waals surface area contributed by atoms with Crippen molar-refractivity contribution in [2.75, 3.05) is 6.54 Å². The Balaban J connectivity index is 1.77. The third-order valence-electron chi connectivity index (χ3n) is 5.85. The van der Waals surface area contributed by atoms with Gasteiger partial charge in [-0.2, -0.15) is 0 Å². The Morgan fingerprint density at radius 1 is 1.41 bits per heavy atom. The molecule has 1 heterocycles. The van der Waals surface area contributed by atoms with Crippen LogP contribution in [0.3, 0.4) is 0 Å². The summed E-state index contributed by atoms with van der Waals surface area (Å²) in [6.07, 6.45) is 5.95. The predicted octanol–water partition coefficient (Wildman–Crippen LogP) is 2.77. The van der Waals surface area contributed by atoms with Gasteiger partial charge in [0.1, 0.15) is 11.9 Å². The SMILES string of the molecule is CC#CC[C@H](C)[C@H](O)/C=C/[C@@H]1[C@H]2c3cccc(CCCN)c3O[C@H]2C[C@H]1O. The number of fused-ring (bicyclic) bond motifs is 3. The molecule has 0 spiro atoms. The van der Waals surface area contributed by atoms with E-state index in [0.29, 0.717) is 19.4 Å². The second kappa shape index (κ2) is 8.93. The number of aliphatic hydroxyl groups excluding tert-OH is 2. The van der Waals surface area contributed by atoms with Crippen LogP contribution in [0, 0.1) is 23.7 Å². The standard InChI is InChI=1S/C23H31NO3/c1-3-4-7-15(2)19(25)12-11-17-20(26)14-21-22(17)18-10-5-8-16(9-6-13-24)23(18)27-21/h5,8,10-12,15,17,19-22,25-26H,6-7,9,13-14,24H2,1-2H3/b12-11+/t15-,17-,19+,20+,21-,22-/m0/s1. The van der Waals surface area contributed by atoms with E-state index in [9.17, 15) is 10.2 Å². The first kappa shape index (κ1) is 19.9. The topological polar surface area (TPSA) is 75.7 Å². The van der Waals surface area contributed by atoms with E-state index in [2.05, 4.69) is 30.0 Å². The van der Waals surface area contributed by atoms with Crippen molar-refractivity contribution in [1.29, 1.82) is 0 Å². The van der Waals surface area contributed by atoms with Gasteiger partial charge in [-0.3, -0.25) is 0 Å². The molecule has 2 aliphatic rings. The van der Waals surface area contributed by atoms with Crippen LogP contribution in [0.1, 0.15) is 50.2 Å². The van der Waals surface area contributed by atoms with Gasteiger partial charge in [-0.05, 0) is 37.8 Å². The van der Waals surface area contributed by atoms with Crippen molar-refractivity contribution in [3.8, 4) is 17.6 Å². The van der Waals surface area contributed by atoms with Crippen LogP contribution in [0.4, 0.5) is 0 Å². The molecule has 3 rings (SSSR count). The van der Waals surface area contributed by atoms with Gasteiger partial charge in [0.25, 0.3) is 0 Å². The predicted molar refractivity (Wildman–Crippen MR) is 107 cm³/mol. The summed E-state index contributed by atoms with van der Waals surface area (Å²) < 4.78 is 6.25. The number of aliphatic hydroxyl groups is 2. The Kier molecular flexibility index (Phi) is 6.59. The van der Waals surface area contributed by atoms with Gasteiger partial charge in [0.2, 0.25) is 0 Å². The van der Waals surface area contributed by atoms with Gasteiger partial charge >= 0.3 is 0 Å². The Morgan fingerprint density at radius 2 is 2.22 bits per heavy atom. The first-order valence-corrected chi connectivity index (χ1v) is 9.99. The fraction of sp³-hybridized carbons (Fsp3) is 0.565. The maximum absolute atomic E-state index is 10.6. The number of hydrogen-bond acceptors (Lipinski definition) is 4. The average Bonchev–Trinajstić information content (AvgIpc) is 3.17. The van der Waals surface area contributed by atoms with E-state index >= 15 is 0 Å². The maximum Gasteiger partial charge on any atom is 0.126 e. The summed E-state index contributed by atoms with van der Waals surface area (Å²) in [5.74, 6) is 7.04. The van der Waals surface area contributed by atoms with Gasteiger partial charge < -0.3 is 20.7 Å². The average molecular weight is 370 g/mol. The molecule has 4 nitrogen and oxygen atoms in total. The molecule has 27 heavy (non-hydrogen) atoms. The van der Waals surface area contributed by atoms with Crippen molar-refractivity contribution in [2.45, 2.75) is 63.8 Å². The molecule has 0 saturated heterocycles. The van der Waals surface area contributed by atoms with Crippen molar-refractivity contribution in [3.63, 3.8) is 0 Å². The van der Waals surface area contributed by atoms with Gasteiger partial charge in [-0.1, -0.05) is 37.3 Å². The number of nitrogens with two attached hydrogens (primary N) is 1. The highest BCUT2D eigenvalue weighted by molar-refractivity contribution is 5.49. The summed E-state index contributed by atoms with van der Waals surface area (Å²) in [5.41, 5.74) is 8.05. The van der Waals surface area contributed by atoms with Crippen LogP contribution < -0.4 is 10.5 Å². The van der Waals surface area contributed by atoms with Crippen molar-refractivity contribution in [2.24, 2.45) is 17.6 Å². The van der Waals surface area contributed by atoms with Crippen LogP contribution in [0.15, 0.2) is 30.4 Å². The molecular formula is C23H31NO3. The van der Waals surface area contributed by atoms with E-state index in [-0.39, 0.29) is 23.9 Å². The zero-order valence-corrected chi connectivity index (χ0v) is 16.3. The second-order valence-corrected chi connectivity index (χ2v) is 7.77. The van der Waals surface area contributed by atoms with Crippen LogP contribution in [0.25, 0.3) is 0 Å². The fourth-order valence-electron chi connectivity index (χ4n) is 4.27. The molecule has 0 radical (unpaired) electrons. The second-order valence-electron chi connectivity index (χ2n) is 7.77. The van der Waals surface area contributed by atoms with E-state index in [1.54, 1.807) is 0 Å². The first-order valence-electron chi connectivity index (χ1n) is 9.99. The Morgan fingerprint density at radius 3 is 2.96 bits per heavy atom. The number of aryl methyl sites for hydroxylation is 1. The van der Waals surface area contributed by atoms with Crippen molar-refractivity contribution in [1.82, 2.24) is 0 Å². The quantitative estimate of drug-likeness (QED) is 0.510. The van der Waals surface area contributed by atoms with Gasteiger partial charge in [0.05, 0.1) is 12.2 Å². The van der Waals surface area contributed by atoms with Crippen molar-refractivity contribution in [3.05, 3.63) is 41.5 Å². The molecular weight excluding hydrogens is 338 g/mol. The molecule has 4 heteroatoms. The molecule has 1 aliphatic heterocycles. The summed E-state index contributed by atoms with van der Waals surface area (Å²) in [5, 5.41) is 21.0. The number of rotatable bonds is 7. The van der Waals surface area contributed by atoms with Crippen LogP contribution in [0.2, 0.25) is 0 Å². The van der Waals surface area contributed by atoms with E-state index in [0.717, 1.165) is 18.6 Å². The van der Waals surface area contributed by atoms with Gasteiger partial charge in [0, 0.05) is 30.2 Å². The van der Waals surface area contributed by atoms with Crippen molar-refractivity contribution < 1.29 is 14.9 Å². The Hall–Kier alpha value is -1.80. The molecule has 1 aliphatic carbocycles. The minimum atomic E-state index is -0.560. The molecule has 1 fully saturated rings. The molecule has 0 aromatic heterocycles. The number of benzene rings is 1. The third kappa shape index (κ3) is 4.21. The normalized spacial score (nSPS) is 28.2. The lowest BCUT2D eigenvalue weighted by atomic mass is 9.86. The number of para-hydroxylation sites is 1. The summed E-state index contributed by atoms with van der Waals surface area (Å²) in [7, 11) is 0. The third-order valence-corrected chi connectivity index (χ3v) is 5.85. The Labute approximate surface area is 162 Å². The molecule has 4 N–H and O–H groups in total. The highest BCUT2D eigenvalue weighted by atomic mass is 16.5. The van der Waals surface area contributed by atoms with Gasteiger partial charge in [-0.25, -0.2) is 0 Å². The molecule has 0 unspecified atom stereocenters. The van der Waals surface area contributed by atoms with Crippen LogP contribution in [-0.4, -0.2) is 35.1 Å². The van der Waals surface area contributed by atoms with E-state index < -0.39 is 12.2 Å². The molecule has 146 valence electrons. The molecule has 1 aromatic rings. The highest BCUT2D eigenvalue weighted by Gasteiger charge is 2.48. The van der Waals surface area contributed by atoms with Gasteiger partial charge in [0.15, 0.2) is 0 Å². The first-order chi connectivity index (χ1) is 13.1. The monoisotopic (exact) mass is 369 g/mol. The summed E-state index contributed by atoms with van der Waals surface area (Å²) in [6, 6.07) is 6.29. The fourth-order valence-corrected chi connectivity index (χ4v) is 4.27. The minimum Gasteiger partial charge on any atom is -0.489 e. The van der Waals surface area contributed by atoms with Crippen LogP contribution in [-0.2, 0) is 6.42 Å². The maximum atomic E-state index is 10.6. The lowest BCUT2D eigenvalue weighted by Crippen LogP contribution is -2.19. The summed E-state index contributed by atoms with van der Waals surface area (Å²) >= 11 is 0. The molecule has 6 atom stereocenters. The zero-order chi connectivity index (χ0) is 19.4. The highest BCUT2D eigenvalue weighted by Crippen LogP contribution is 2.52. The number of ether oxygens (including phenoxy) is 1. The van der Waals surface area contributed by atoms with E-state index in [1.165, 1.54) is 11.1 Å². The van der Waals surface area contributed by atoms with Crippen molar-refractivity contribution >= 4 is 0 Å².